The van der Waals surface area contributed by atoms with Crippen LogP contribution in [0.2, 0.25) is 0 Å². The van der Waals surface area contributed by atoms with Crippen LogP contribution in [-0.2, 0) is 4.79 Å². The topological polar surface area (TPSA) is 50.7 Å². The highest BCUT2D eigenvalue weighted by atomic mass is 79.9. The van der Waals surface area contributed by atoms with Crippen molar-refractivity contribution in [3.05, 3.63) is 76.3 Å². The molecule has 0 saturated carbocycles. The maximum Gasteiger partial charge on any atom is 0.277 e. The van der Waals surface area contributed by atoms with Crippen molar-refractivity contribution in [2.24, 2.45) is 5.10 Å². The zero-order chi connectivity index (χ0) is 18.5. The van der Waals surface area contributed by atoms with Crippen LogP contribution in [0.3, 0.4) is 0 Å². The molecule has 26 heavy (non-hydrogen) atoms. The van der Waals surface area contributed by atoms with E-state index >= 15 is 0 Å². The first-order valence-electron chi connectivity index (χ1n) is 8.24. The quantitative estimate of drug-likeness (QED) is 0.483. The lowest BCUT2D eigenvalue weighted by molar-refractivity contribution is -0.123. The van der Waals surface area contributed by atoms with Crippen molar-refractivity contribution >= 4 is 38.3 Å². The Morgan fingerprint density at radius 2 is 1.85 bits per heavy atom. The molecular formula is C21H19BrN2O2. The van der Waals surface area contributed by atoms with E-state index in [1.165, 1.54) is 5.39 Å². The average molecular weight is 411 g/mol. The summed E-state index contributed by atoms with van der Waals surface area (Å²) in [6.07, 6.45) is 0. The monoisotopic (exact) mass is 410 g/mol. The van der Waals surface area contributed by atoms with Crippen molar-refractivity contribution in [2.75, 3.05) is 6.61 Å². The summed E-state index contributed by atoms with van der Waals surface area (Å²) in [4.78, 5) is 12.0. The smallest absolute Gasteiger partial charge is 0.277 e. The van der Waals surface area contributed by atoms with Crippen molar-refractivity contribution in [2.45, 2.75) is 13.8 Å². The second-order valence-electron chi connectivity index (χ2n) is 5.99. The third-order valence-electron chi connectivity index (χ3n) is 4.01. The standard InChI is InChI=1S/C21H19BrN2O2/c1-14-11-19(9-10-20(14)22)26-13-21(25)24-23-15(2)17-8-7-16-5-3-4-6-18(16)12-17/h3-12H,13H2,1-2H3,(H,24,25)/b23-15+. The molecule has 0 aliphatic rings. The molecule has 3 rings (SSSR count). The minimum atomic E-state index is -0.300. The third kappa shape index (κ3) is 4.49. The molecule has 0 aromatic heterocycles. The molecule has 0 radical (unpaired) electrons. The summed E-state index contributed by atoms with van der Waals surface area (Å²) in [6.45, 7) is 3.74. The summed E-state index contributed by atoms with van der Waals surface area (Å²) in [5, 5.41) is 6.49. The fourth-order valence-corrected chi connectivity index (χ4v) is 2.76. The molecular weight excluding hydrogens is 392 g/mol. The van der Waals surface area contributed by atoms with E-state index in [2.05, 4.69) is 44.7 Å². The summed E-state index contributed by atoms with van der Waals surface area (Å²) in [7, 11) is 0. The molecule has 1 amide bonds. The Bertz CT molecular complexity index is 983. The van der Waals surface area contributed by atoms with Crippen molar-refractivity contribution in [1.82, 2.24) is 5.43 Å². The highest BCUT2D eigenvalue weighted by Crippen LogP contribution is 2.21. The fraction of sp³-hybridized carbons (Fsp3) is 0.143. The van der Waals surface area contributed by atoms with Gasteiger partial charge < -0.3 is 4.74 Å². The Balaban J connectivity index is 1.60. The van der Waals surface area contributed by atoms with Crippen LogP contribution in [0, 0.1) is 6.92 Å². The van der Waals surface area contributed by atoms with Gasteiger partial charge in [0.15, 0.2) is 6.61 Å². The predicted octanol–water partition coefficient (Wildman–Crippen LogP) is 4.83. The van der Waals surface area contributed by atoms with Gasteiger partial charge in [-0.1, -0.05) is 52.3 Å². The van der Waals surface area contributed by atoms with Gasteiger partial charge in [-0.3, -0.25) is 4.79 Å². The van der Waals surface area contributed by atoms with E-state index < -0.39 is 0 Å². The largest absolute Gasteiger partial charge is 0.484 e. The first kappa shape index (κ1) is 18.1. The Morgan fingerprint density at radius 1 is 1.08 bits per heavy atom. The maximum absolute atomic E-state index is 12.0. The summed E-state index contributed by atoms with van der Waals surface area (Å²) >= 11 is 3.43. The number of carbonyl (C=O) groups excluding carboxylic acids is 1. The minimum absolute atomic E-state index is 0.0877. The van der Waals surface area contributed by atoms with Gasteiger partial charge in [-0.15, -0.1) is 0 Å². The number of hydrogen-bond donors (Lipinski definition) is 1. The Hall–Kier alpha value is -2.66. The molecule has 5 heteroatoms. The van der Waals surface area contributed by atoms with Gasteiger partial charge in [-0.05, 0) is 60.0 Å². The van der Waals surface area contributed by atoms with Gasteiger partial charge in [0, 0.05) is 4.47 Å². The molecule has 0 bridgehead atoms. The van der Waals surface area contributed by atoms with Gasteiger partial charge in [0.1, 0.15) is 5.75 Å². The summed E-state index contributed by atoms with van der Waals surface area (Å²) in [5.74, 6) is 0.349. The van der Waals surface area contributed by atoms with Crippen molar-refractivity contribution in [3.8, 4) is 5.75 Å². The zero-order valence-corrected chi connectivity index (χ0v) is 16.2. The number of ether oxygens (including phenoxy) is 1. The first-order valence-corrected chi connectivity index (χ1v) is 9.03. The van der Waals surface area contributed by atoms with Crippen LogP contribution in [-0.4, -0.2) is 18.2 Å². The van der Waals surface area contributed by atoms with E-state index in [9.17, 15) is 4.79 Å². The molecule has 3 aromatic rings. The second-order valence-corrected chi connectivity index (χ2v) is 6.85. The molecule has 0 spiro atoms. The second kappa shape index (κ2) is 8.15. The van der Waals surface area contributed by atoms with Gasteiger partial charge in [-0.2, -0.15) is 5.10 Å². The van der Waals surface area contributed by atoms with Gasteiger partial charge in [0.2, 0.25) is 0 Å². The Kier molecular flexibility index (Phi) is 5.68. The number of fused-ring (bicyclic) bond motifs is 1. The lowest BCUT2D eigenvalue weighted by atomic mass is 10.0. The zero-order valence-electron chi connectivity index (χ0n) is 14.6. The van der Waals surface area contributed by atoms with Crippen LogP contribution in [0.4, 0.5) is 0 Å². The molecule has 3 aromatic carbocycles. The lowest BCUT2D eigenvalue weighted by Crippen LogP contribution is -2.25. The number of hydrogen-bond acceptors (Lipinski definition) is 3. The van der Waals surface area contributed by atoms with Crippen LogP contribution >= 0.6 is 15.9 Å². The van der Waals surface area contributed by atoms with Gasteiger partial charge in [0.25, 0.3) is 5.91 Å². The van der Waals surface area contributed by atoms with Crippen LogP contribution in [0.15, 0.2) is 70.2 Å². The molecule has 0 heterocycles. The number of carbonyl (C=O) groups is 1. The van der Waals surface area contributed by atoms with Gasteiger partial charge in [-0.25, -0.2) is 5.43 Å². The molecule has 0 aliphatic heterocycles. The van der Waals surface area contributed by atoms with Crippen molar-refractivity contribution in [1.29, 1.82) is 0 Å². The molecule has 0 unspecified atom stereocenters. The molecule has 0 atom stereocenters. The van der Waals surface area contributed by atoms with E-state index in [4.69, 9.17) is 4.74 Å². The minimum Gasteiger partial charge on any atom is -0.484 e. The summed E-state index contributed by atoms with van der Waals surface area (Å²) in [6, 6.07) is 19.8. The normalized spacial score (nSPS) is 11.4. The highest BCUT2D eigenvalue weighted by molar-refractivity contribution is 9.10. The van der Waals surface area contributed by atoms with Crippen molar-refractivity contribution in [3.63, 3.8) is 0 Å². The molecule has 132 valence electrons. The molecule has 1 N–H and O–H groups in total. The first-order chi connectivity index (χ1) is 12.5. The van der Waals surface area contributed by atoms with Crippen LogP contribution in [0.25, 0.3) is 10.8 Å². The van der Waals surface area contributed by atoms with Crippen LogP contribution < -0.4 is 10.2 Å². The third-order valence-corrected chi connectivity index (χ3v) is 4.90. The molecule has 0 aliphatic carbocycles. The number of amides is 1. The number of aryl methyl sites for hydroxylation is 1. The van der Waals surface area contributed by atoms with Gasteiger partial charge in [0.05, 0.1) is 5.71 Å². The van der Waals surface area contributed by atoms with E-state index in [1.54, 1.807) is 0 Å². The van der Waals surface area contributed by atoms with Crippen molar-refractivity contribution < 1.29 is 9.53 Å². The molecule has 0 fully saturated rings. The van der Waals surface area contributed by atoms with Crippen LogP contribution in [0.1, 0.15) is 18.1 Å². The maximum atomic E-state index is 12.0. The van der Waals surface area contributed by atoms with E-state index in [0.717, 1.165) is 26.7 Å². The number of hydrazone groups is 1. The van der Waals surface area contributed by atoms with Gasteiger partial charge >= 0.3 is 0 Å². The average Bonchev–Trinajstić information content (AvgIpc) is 2.66. The highest BCUT2D eigenvalue weighted by Gasteiger charge is 2.05. The number of nitrogens with zero attached hydrogens (tertiary/aromatic N) is 1. The lowest BCUT2D eigenvalue weighted by Gasteiger charge is -2.08. The van der Waals surface area contributed by atoms with E-state index in [1.807, 2.05) is 56.3 Å². The number of benzene rings is 3. The van der Waals surface area contributed by atoms with Crippen LogP contribution in [0.5, 0.6) is 5.75 Å². The predicted molar refractivity (Wildman–Crippen MR) is 109 cm³/mol. The van der Waals surface area contributed by atoms with E-state index in [0.29, 0.717) is 5.75 Å². The summed E-state index contributed by atoms with van der Waals surface area (Å²) < 4.78 is 6.50. The summed E-state index contributed by atoms with van der Waals surface area (Å²) in [5.41, 5.74) is 5.29. The fourth-order valence-electron chi connectivity index (χ4n) is 2.51. The Morgan fingerprint density at radius 3 is 2.62 bits per heavy atom. The number of nitrogens with one attached hydrogen (secondary N) is 1. The van der Waals surface area contributed by atoms with E-state index in [-0.39, 0.29) is 12.5 Å². The Labute approximate surface area is 161 Å². The molecule has 4 nitrogen and oxygen atoms in total. The SMILES string of the molecule is C/C(=N\NC(=O)COc1ccc(Br)c(C)c1)c1ccc2ccccc2c1. The number of rotatable bonds is 5. The number of halogens is 1. The molecule has 0 saturated heterocycles.